The van der Waals surface area contributed by atoms with Gasteiger partial charge in [-0.3, -0.25) is 9.89 Å². The van der Waals surface area contributed by atoms with Gasteiger partial charge in [0.2, 0.25) is 0 Å². The zero-order valence-electron chi connectivity index (χ0n) is 15.0. The summed E-state index contributed by atoms with van der Waals surface area (Å²) in [7, 11) is 0. The highest BCUT2D eigenvalue weighted by Crippen LogP contribution is 2.25. The lowest BCUT2D eigenvalue weighted by atomic mass is 9.87. The fourth-order valence-corrected chi connectivity index (χ4v) is 3.52. The minimum atomic E-state index is 0.884. The van der Waals surface area contributed by atoms with Crippen LogP contribution in [0.25, 0.3) is 0 Å². The molecule has 0 atom stereocenters. The Morgan fingerprint density at radius 2 is 1.91 bits per heavy atom. The van der Waals surface area contributed by atoms with Gasteiger partial charge in [-0.1, -0.05) is 32.1 Å². The molecule has 1 aliphatic heterocycles. The van der Waals surface area contributed by atoms with Crippen molar-refractivity contribution in [2.75, 3.05) is 52.5 Å². The third-order valence-electron chi connectivity index (χ3n) is 4.92. The summed E-state index contributed by atoms with van der Waals surface area (Å²) in [5.74, 6) is 1.92. The first kappa shape index (κ1) is 18.5. The molecule has 1 heterocycles. The summed E-state index contributed by atoms with van der Waals surface area (Å²) in [5.41, 5.74) is 0. The molecule has 5 nitrogen and oxygen atoms in total. The predicted molar refractivity (Wildman–Crippen MR) is 97.0 cm³/mol. The fourth-order valence-electron chi connectivity index (χ4n) is 3.52. The van der Waals surface area contributed by atoms with Crippen molar-refractivity contribution in [1.29, 1.82) is 0 Å². The quantitative estimate of drug-likeness (QED) is 0.408. The Labute approximate surface area is 142 Å². The third kappa shape index (κ3) is 8.02. The number of nitrogens with one attached hydrogen (secondary N) is 2. The van der Waals surface area contributed by atoms with Crippen molar-refractivity contribution in [1.82, 2.24) is 15.5 Å². The molecule has 23 heavy (non-hydrogen) atoms. The smallest absolute Gasteiger partial charge is 0.191 e. The summed E-state index contributed by atoms with van der Waals surface area (Å²) in [6, 6.07) is 0. The molecular formula is C18H36N4O. The van der Waals surface area contributed by atoms with E-state index in [2.05, 4.69) is 22.5 Å². The van der Waals surface area contributed by atoms with Crippen molar-refractivity contribution >= 4 is 5.96 Å². The van der Waals surface area contributed by atoms with Crippen LogP contribution in [0.15, 0.2) is 4.99 Å². The minimum Gasteiger partial charge on any atom is -0.379 e. The maximum Gasteiger partial charge on any atom is 0.191 e. The minimum absolute atomic E-state index is 0.884. The van der Waals surface area contributed by atoms with Gasteiger partial charge in [0.25, 0.3) is 0 Å². The predicted octanol–water partition coefficient (Wildman–Crippen LogP) is 2.23. The van der Waals surface area contributed by atoms with Crippen molar-refractivity contribution in [3.05, 3.63) is 0 Å². The second-order valence-electron chi connectivity index (χ2n) is 6.79. The van der Waals surface area contributed by atoms with Gasteiger partial charge in [-0.15, -0.1) is 0 Å². The lowest BCUT2D eigenvalue weighted by Crippen LogP contribution is -2.39. The largest absolute Gasteiger partial charge is 0.379 e. The Hall–Kier alpha value is -0.810. The van der Waals surface area contributed by atoms with E-state index < -0.39 is 0 Å². The second-order valence-corrected chi connectivity index (χ2v) is 6.79. The first-order valence-corrected chi connectivity index (χ1v) is 9.70. The molecule has 1 saturated heterocycles. The Balaban J connectivity index is 1.58. The van der Waals surface area contributed by atoms with Crippen LogP contribution in [0.1, 0.15) is 51.9 Å². The Bertz CT molecular complexity index is 323. The van der Waals surface area contributed by atoms with Crippen molar-refractivity contribution in [3.8, 4) is 0 Å². The molecule has 0 unspecified atom stereocenters. The molecule has 5 heteroatoms. The number of guanidine groups is 1. The molecule has 0 spiro atoms. The van der Waals surface area contributed by atoms with E-state index in [1.807, 2.05) is 0 Å². The maximum atomic E-state index is 5.38. The lowest BCUT2D eigenvalue weighted by Gasteiger charge is -2.26. The van der Waals surface area contributed by atoms with Crippen LogP contribution in [0.3, 0.4) is 0 Å². The van der Waals surface area contributed by atoms with Crippen LogP contribution in [0, 0.1) is 5.92 Å². The van der Waals surface area contributed by atoms with Gasteiger partial charge in [0.15, 0.2) is 5.96 Å². The Morgan fingerprint density at radius 1 is 1.13 bits per heavy atom. The summed E-state index contributed by atoms with van der Waals surface area (Å²) >= 11 is 0. The van der Waals surface area contributed by atoms with Gasteiger partial charge in [-0.25, -0.2) is 0 Å². The van der Waals surface area contributed by atoms with Crippen LogP contribution in [0.5, 0.6) is 0 Å². The highest BCUT2D eigenvalue weighted by Gasteiger charge is 2.13. The van der Waals surface area contributed by atoms with Gasteiger partial charge >= 0.3 is 0 Å². The number of morpholine rings is 1. The van der Waals surface area contributed by atoms with Crippen molar-refractivity contribution < 1.29 is 4.74 Å². The average molecular weight is 325 g/mol. The topological polar surface area (TPSA) is 48.9 Å². The van der Waals surface area contributed by atoms with Gasteiger partial charge in [-0.05, 0) is 25.7 Å². The highest BCUT2D eigenvalue weighted by atomic mass is 16.5. The van der Waals surface area contributed by atoms with E-state index in [1.165, 1.54) is 38.5 Å². The van der Waals surface area contributed by atoms with E-state index in [4.69, 9.17) is 9.73 Å². The van der Waals surface area contributed by atoms with Crippen molar-refractivity contribution in [3.63, 3.8) is 0 Å². The number of aliphatic imine (C=N–C) groups is 1. The molecule has 0 aromatic carbocycles. The first-order chi connectivity index (χ1) is 11.4. The maximum absolute atomic E-state index is 5.38. The standard InChI is InChI=1S/C18H36N4O/c1-2-19-18(21-11-9-17-7-4-3-5-8-17)20-10-6-12-22-13-15-23-16-14-22/h17H,2-16H2,1H3,(H2,19,20,21). The van der Waals surface area contributed by atoms with Crippen LogP contribution in [0.2, 0.25) is 0 Å². The van der Waals surface area contributed by atoms with Gasteiger partial charge in [0, 0.05) is 39.3 Å². The number of hydrogen-bond donors (Lipinski definition) is 2. The lowest BCUT2D eigenvalue weighted by molar-refractivity contribution is 0.0377. The highest BCUT2D eigenvalue weighted by molar-refractivity contribution is 5.79. The van der Waals surface area contributed by atoms with Gasteiger partial charge in [0.05, 0.1) is 13.2 Å². The number of hydrogen-bond acceptors (Lipinski definition) is 3. The summed E-state index contributed by atoms with van der Waals surface area (Å²) in [4.78, 5) is 7.19. The van der Waals surface area contributed by atoms with E-state index in [1.54, 1.807) is 0 Å². The van der Waals surface area contributed by atoms with E-state index in [-0.39, 0.29) is 0 Å². The third-order valence-corrected chi connectivity index (χ3v) is 4.92. The zero-order valence-corrected chi connectivity index (χ0v) is 15.0. The molecule has 2 fully saturated rings. The van der Waals surface area contributed by atoms with Crippen molar-refractivity contribution in [2.24, 2.45) is 10.9 Å². The van der Waals surface area contributed by atoms with Crippen LogP contribution in [-0.2, 0) is 4.74 Å². The summed E-state index contributed by atoms with van der Waals surface area (Å²) in [6.45, 7) is 10.1. The normalized spacial score (nSPS) is 21.3. The van der Waals surface area contributed by atoms with Gasteiger partial charge in [-0.2, -0.15) is 0 Å². The molecular weight excluding hydrogens is 288 g/mol. The molecule has 1 saturated carbocycles. The molecule has 2 rings (SSSR count). The summed E-state index contributed by atoms with van der Waals surface area (Å²) < 4.78 is 5.38. The first-order valence-electron chi connectivity index (χ1n) is 9.70. The van der Waals surface area contributed by atoms with Gasteiger partial charge in [0.1, 0.15) is 0 Å². The molecule has 0 aromatic heterocycles. The SMILES string of the molecule is CCNC(=NCCCN1CCOCC1)NCCC1CCCCC1. The summed E-state index contributed by atoms with van der Waals surface area (Å²) in [5, 5.41) is 6.88. The molecule has 0 aromatic rings. The van der Waals surface area contributed by atoms with E-state index >= 15 is 0 Å². The number of rotatable bonds is 8. The van der Waals surface area contributed by atoms with E-state index in [0.717, 1.165) is 70.8 Å². The summed E-state index contributed by atoms with van der Waals surface area (Å²) in [6.07, 6.45) is 9.57. The van der Waals surface area contributed by atoms with E-state index in [9.17, 15) is 0 Å². The van der Waals surface area contributed by atoms with E-state index in [0.29, 0.717) is 0 Å². The monoisotopic (exact) mass is 324 g/mol. The number of ether oxygens (including phenoxy) is 1. The Kier molecular flexibility index (Phi) is 9.41. The molecule has 0 amide bonds. The van der Waals surface area contributed by atoms with Gasteiger partial charge < -0.3 is 15.4 Å². The second kappa shape index (κ2) is 11.7. The molecule has 0 radical (unpaired) electrons. The fraction of sp³-hybridized carbons (Fsp3) is 0.944. The molecule has 134 valence electrons. The van der Waals surface area contributed by atoms with Crippen molar-refractivity contribution in [2.45, 2.75) is 51.9 Å². The number of nitrogens with zero attached hydrogens (tertiary/aromatic N) is 2. The molecule has 1 aliphatic carbocycles. The average Bonchev–Trinajstić information content (AvgIpc) is 2.60. The molecule has 2 aliphatic rings. The molecule has 0 bridgehead atoms. The van der Waals surface area contributed by atoms with Crippen LogP contribution in [0.4, 0.5) is 0 Å². The van der Waals surface area contributed by atoms with Crippen LogP contribution >= 0.6 is 0 Å². The van der Waals surface area contributed by atoms with Crippen LogP contribution < -0.4 is 10.6 Å². The van der Waals surface area contributed by atoms with Crippen LogP contribution in [-0.4, -0.2) is 63.3 Å². The molecule has 2 N–H and O–H groups in total. The Morgan fingerprint density at radius 3 is 2.65 bits per heavy atom. The zero-order chi connectivity index (χ0) is 16.2.